The molecule has 0 fully saturated rings. The van der Waals surface area contributed by atoms with Gasteiger partial charge in [0.1, 0.15) is 11.6 Å². The quantitative estimate of drug-likeness (QED) is 0.120. The van der Waals surface area contributed by atoms with Gasteiger partial charge in [0.05, 0.1) is 22.5 Å². The van der Waals surface area contributed by atoms with Gasteiger partial charge in [-0.15, -0.1) is 11.3 Å². The number of anilines is 5. The summed E-state index contributed by atoms with van der Waals surface area (Å²) < 4.78 is 33.4. The number of rotatable bonds is 12. The summed E-state index contributed by atoms with van der Waals surface area (Å²) in [6, 6.07) is 108. The summed E-state index contributed by atoms with van der Waals surface area (Å²) in [6.07, 6.45) is 5.41. The third kappa shape index (κ3) is 8.80. The van der Waals surface area contributed by atoms with Crippen molar-refractivity contribution in [2.24, 2.45) is 0 Å². The Morgan fingerprint density at radius 3 is 1.51 bits per heavy atom. The molecule has 418 valence electrons. The normalized spacial score (nSPS) is 14.1. The molecule has 0 aliphatic heterocycles. The van der Waals surface area contributed by atoms with E-state index >= 15 is 8.78 Å². The number of thiophene rings is 1. The van der Waals surface area contributed by atoms with E-state index in [1.165, 1.54) is 16.7 Å². The van der Waals surface area contributed by atoms with E-state index in [9.17, 15) is 0 Å². The maximum absolute atomic E-state index is 15.6. The van der Waals surface area contributed by atoms with Gasteiger partial charge in [0, 0.05) is 59.7 Å². The molecule has 14 aromatic rings. The van der Waals surface area contributed by atoms with Crippen molar-refractivity contribution in [3.63, 3.8) is 0 Å². The van der Waals surface area contributed by atoms with Gasteiger partial charge in [-0.25, -0.2) is 8.78 Å². The minimum atomic E-state index is -0.940. The molecular weight excluding hydrogens is 1090 g/mol. The minimum absolute atomic E-state index is 0.128. The van der Waals surface area contributed by atoms with Gasteiger partial charge in [-0.3, -0.25) is 0 Å². The second kappa shape index (κ2) is 22.0. The largest absolute Gasteiger partial charge is 0.310 e. The number of allylic oxidation sites excluding steroid dienone is 3. The van der Waals surface area contributed by atoms with E-state index in [4.69, 9.17) is 0 Å². The van der Waals surface area contributed by atoms with E-state index in [1.54, 1.807) is 24.3 Å². The maximum Gasteiger partial charge on any atom is 0.123 e. The van der Waals surface area contributed by atoms with Gasteiger partial charge in [-0.05, 0) is 158 Å². The van der Waals surface area contributed by atoms with Gasteiger partial charge in [0.15, 0.2) is 0 Å². The molecule has 0 N–H and O–H groups in total. The second-order valence-corrected chi connectivity index (χ2v) is 23.9. The van der Waals surface area contributed by atoms with Crippen molar-refractivity contribution >= 4 is 76.3 Å². The molecule has 0 bridgehead atoms. The van der Waals surface area contributed by atoms with Gasteiger partial charge in [0.25, 0.3) is 0 Å². The molecule has 88 heavy (non-hydrogen) atoms. The average molecular weight is 1150 g/mol. The Kier molecular flexibility index (Phi) is 13.2. The van der Waals surface area contributed by atoms with Gasteiger partial charge < -0.3 is 9.80 Å². The van der Waals surface area contributed by atoms with Gasteiger partial charge in [-0.1, -0.05) is 237 Å². The van der Waals surface area contributed by atoms with Crippen LogP contribution in [0.15, 0.2) is 327 Å². The lowest BCUT2D eigenvalue weighted by Gasteiger charge is -2.37. The highest BCUT2D eigenvalue weighted by Gasteiger charge is 2.49. The van der Waals surface area contributed by atoms with Crippen molar-refractivity contribution in [1.82, 2.24) is 0 Å². The van der Waals surface area contributed by atoms with Crippen LogP contribution in [0.25, 0.3) is 69.9 Å². The predicted octanol–water partition coefficient (Wildman–Crippen LogP) is 22.9. The summed E-state index contributed by atoms with van der Waals surface area (Å²) in [5, 5.41) is 4.40. The molecule has 0 radical (unpaired) electrons. The van der Waals surface area contributed by atoms with Gasteiger partial charge in [-0.2, -0.15) is 0 Å². The summed E-state index contributed by atoms with van der Waals surface area (Å²) in [7, 11) is 0. The lowest BCUT2D eigenvalue weighted by atomic mass is 9.67. The van der Waals surface area contributed by atoms with Crippen molar-refractivity contribution in [3.8, 4) is 33.4 Å². The zero-order valence-electron chi connectivity index (χ0n) is 47.9. The van der Waals surface area contributed by atoms with Crippen LogP contribution in [-0.4, -0.2) is 0 Å². The van der Waals surface area contributed by atoms with Gasteiger partial charge >= 0.3 is 0 Å². The fraction of sp³-hybridized carbons (Fsp3) is 0.0361. The molecule has 0 saturated carbocycles. The molecule has 0 amide bonds. The minimum Gasteiger partial charge on any atom is -0.310 e. The van der Waals surface area contributed by atoms with E-state index < -0.39 is 5.41 Å². The molecule has 1 aromatic heterocycles. The lowest BCUT2D eigenvalue weighted by molar-refractivity contribution is 0.627. The van der Waals surface area contributed by atoms with Crippen LogP contribution < -0.4 is 9.80 Å². The van der Waals surface area contributed by atoms with E-state index in [-0.39, 0.29) is 17.6 Å². The Hall–Kier alpha value is -10.7. The third-order valence-electron chi connectivity index (χ3n) is 18.0. The third-order valence-corrected chi connectivity index (χ3v) is 19.2. The van der Waals surface area contributed by atoms with E-state index in [2.05, 4.69) is 283 Å². The zero-order valence-corrected chi connectivity index (χ0v) is 48.8. The first-order valence-corrected chi connectivity index (χ1v) is 30.9. The number of halogens is 2. The molecule has 2 nitrogen and oxygen atoms in total. The first-order chi connectivity index (χ1) is 43.5. The highest BCUT2D eigenvalue weighted by Crippen LogP contribution is 2.64. The van der Waals surface area contributed by atoms with E-state index in [1.807, 2.05) is 35.6 Å². The molecule has 2 aliphatic carbocycles. The van der Waals surface area contributed by atoms with Crippen LogP contribution in [0.4, 0.5) is 37.2 Å². The number of fused-ring (bicyclic) bond motifs is 9. The molecule has 1 atom stereocenters. The molecule has 1 unspecified atom stereocenters. The van der Waals surface area contributed by atoms with E-state index in [0.717, 1.165) is 127 Å². The van der Waals surface area contributed by atoms with Crippen LogP contribution in [0.2, 0.25) is 0 Å². The highest BCUT2D eigenvalue weighted by molar-refractivity contribution is 7.26. The van der Waals surface area contributed by atoms with Crippen LogP contribution in [0.5, 0.6) is 0 Å². The van der Waals surface area contributed by atoms with Crippen molar-refractivity contribution in [3.05, 3.63) is 372 Å². The average Bonchev–Trinajstić information content (AvgIpc) is 1.51. The monoisotopic (exact) mass is 1150 g/mol. The lowest BCUT2D eigenvalue weighted by Crippen LogP contribution is -2.29. The number of hydrogen-bond acceptors (Lipinski definition) is 3. The molecule has 13 aromatic carbocycles. The first kappa shape index (κ1) is 52.8. The first-order valence-electron chi connectivity index (χ1n) is 30.0. The fourth-order valence-electron chi connectivity index (χ4n) is 14.1. The smallest absolute Gasteiger partial charge is 0.123 e. The molecule has 0 saturated heterocycles. The maximum atomic E-state index is 15.6. The van der Waals surface area contributed by atoms with Crippen molar-refractivity contribution in [2.75, 3.05) is 9.80 Å². The SMILES string of the molecule is Fc1ccc(N(C2=C(c3ccccc3)CC(c3ccccc3)C=C2)c2cc3c(c4ccccc24)-c2c(cc(N(c4ccc(F)cc4)c4ccc(-c5ccccc5)cc4-c4ccccc4)c4c2sc2ccccc24)C3(c2ccccc2)c2ccccc2)cc1. The topological polar surface area (TPSA) is 6.48 Å². The molecule has 2 aliphatic rings. The number of nitrogens with zero attached hydrogens (tertiary/aromatic N) is 2. The van der Waals surface area contributed by atoms with Crippen molar-refractivity contribution in [2.45, 2.75) is 17.8 Å². The number of hydrogen-bond donors (Lipinski definition) is 0. The summed E-state index contributed by atoms with van der Waals surface area (Å²) in [5.74, 6) is -0.479. The van der Waals surface area contributed by atoms with Crippen molar-refractivity contribution < 1.29 is 8.78 Å². The Bertz CT molecular complexity index is 4950. The molecule has 1 heterocycles. The van der Waals surface area contributed by atoms with E-state index in [0.29, 0.717) is 0 Å². The Morgan fingerprint density at radius 2 is 0.886 bits per heavy atom. The Morgan fingerprint density at radius 1 is 0.386 bits per heavy atom. The Balaban J connectivity index is 1.05. The van der Waals surface area contributed by atoms with Crippen LogP contribution in [-0.2, 0) is 5.41 Å². The van der Waals surface area contributed by atoms with Crippen LogP contribution >= 0.6 is 11.3 Å². The summed E-state index contributed by atoms with van der Waals surface area (Å²) in [4.78, 5) is 4.78. The molecule has 0 spiro atoms. The predicted molar refractivity (Wildman–Crippen MR) is 364 cm³/mol. The fourth-order valence-corrected chi connectivity index (χ4v) is 15.4. The summed E-state index contributed by atoms with van der Waals surface area (Å²) in [6.45, 7) is 0. The Labute approximate surface area is 515 Å². The van der Waals surface area contributed by atoms with Crippen molar-refractivity contribution in [1.29, 1.82) is 0 Å². The number of benzene rings is 13. The van der Waals surface area contributed by atoms with Crippen LogP contribution in [0.3, 0.4) is 0 Å². The molecule has 5 heteroatoms. The highest BCUT2D eigenvalue weighted by atomic mass is 32.1. The van der Waals surface area contributed by atoms with Gasteiger partial charge in [0.2, 0.25) is 0 Å². The second-order valence-electron chi connectivity index (χ2n) is 22.9. The molecular formula is C83H56F2N2S. The zero-order chi connectivity index (χ0) is 58.7. The van der Waals surface area contributed by atoms with Crippen LogP contribution in [0.1, 0.15) is 45.7 Å². The molecule has 16 rings (SSSR count). The summed E-state index contributed by atoms with van der Waals surface area (Å²) >= 11 is 1.83. The standard InChI is InChI=1S/C83H56F2N2S/c84-63-41-45-65(46-42-63)86(74-49-39-59(55-23-7-1-8-24-55)51-70(74)57-27-11-3-12-28-57)76-53-72-79(68-36-20-19-35-67(68)76)81-73(83(72,61-31-15-5-16-32-61)62-33-17-6-18-34-62)54-77(80-69-37-21-22-38-78(69)88-82(80)81)87(66-47-43-64(85)44-48-66)75-50-40-60(56-25-9-2-10-26-56)52-71(75)58-29-13-4-14-30-58/h1-50,52-54,59H,51H2. The summed E-state index contributed by atoms with van der Waals surface area (Å²) in [5.41, 5.74) is 19.3. The van der Waals surface area contributed by atoms with Crippen LogP contribution in [0, 0.1) is 11.6 Å².